The van der Waals surface area contributed by atoms with Crippen LogP contribution < -0.4 is 14.2 Å². The fraction of sp³-hybridized carbons (Fsp3) is 0.129. The number of nitrogens with zero attached hydrogens (tertiary/aromatic N) is 4. The third-order valence-electron chi connectivity index (χ3n) is 7.22. The monoisotopic (exact) mass is 500 g/mol. The Bertz CT molecular complexity index is 1860. The van der Waals surface area contributed by atoms with Crippen molar-refractivity contribution in [2.45, 2.75) is 12.8 Å². The second-order valence-corrected chi connectivity index (χ2v) is 9.34. The van der Waals surface area contributed by atoms with Gasteiger partial charge in [-0.15, -0.1) is 5.10 Å². The predicted molar refractivity (Wildman–Crippen MR) is 145 cm³/mol. The first kappa shape index (κ1) is 22.3. The number of ether oxygens (including phenoxy) is 3. The zero-order chi connectivity index (χ0) is 25.8. The molecule has 3 heterocycles. The van der Waals surface area contributed by atoms with E-state index in [9.17, 15) is 0 Å². The molecule has 0 aliphatic carbocycles. The van der Waals surface area contributed by atoms with Crippen LogP contribution in [0.25, 0.3) is 27.8 Å². The smallest absolute Gasteiger partial charge is 0.228 e. The van der Waals surface area contributed by atoms with Gasteiger partial charge in [0.05, 0.1) is 19.8 Å². The molecule has 7 rings (SSSR count). The molecule has 0 amide bonds. The van der Waals surface area contributed by atoms with Crippen molar-refractivity contribution in [3.63, 3.8) is 0 Å². The fourth-order valence-electron chi connectivity index (χ4n) is 5.36. The molecule has 38 heavy (non-hydrogen) atoms. The van der Waals surface area contributed by atoms with E-state index < -0.39 is 0 Å². The molecule has 0 radical (unpaired) electrons. The molecule has 0 N–H and O–H groups in total. The second-order valence-electron chi connectivity index (χ2n) is 9.34. The van der Waals surface area contributed by atoms with Crippen molar-refractivity contribution in [1.29, 1.82) is 0 Å². The summed E-state index contributed by atoms with van der Waals surface area (Å²) in [6, 6.07) is 26.6. The molecule has 0 unspecified atom stereocenters. The summed E-state index contributed by atoms with van der Waals surface area (Å²) in [5.41, 5.74) is 5.69. The number of aryl methyl sites for hydroxylation is 1. The first-order chi connectivity index (χ1) is 18.7. The summed E-state index contributed by atoms with van der Waals surface area (Å²) in [6.45, 7) is 2.06. The Balaban J connectivity index is 1.52. The van der Waals surface area contributed by atoms with Gasteiger partial charge < -0.3 is 14.2 Å². The Morgan fingerprint density at radius 2 is 1.68 bits per heavy atom. The van der Waals surface area contributed by atoms with E-state index in [1.165, 1.54) is 0 Å². The van der Waals surface area contributed by atoms with Crippen molar-refractivity contribution >= 4 is 16.4 Å². The van der Waals surface area contributed by atoms with Crippen LogP contribution in [-0.4, -0.2) is 33.8 Å². The molecular weight excluding hydrogens is 476 g/mol. The largest absolute Gasteiger partial charge is 0.493 e. The Hall–Kier alpha value is -4.91. The van der Waals surface area contributed by atoms with Gasteiger partial charge in [-0.1, -0.05) is 66.7 Å². The van der Waals surface area contributed by atoms with Gasteiger partial charge >= 0.3 is 0 Å². The molecule has 186 valence electrons. The molecule has 4 aromatic carbocycles. The standard InChI is InChI=1S/C31H24N4O3/c1-18-8-4-6-10-21(18)29-33-30-27-26(20-13-15-24(36-2)25(16-20)37-3)23-14-12-19-9-5-7-11-22(19)28(23)38-31(27)32-17-35(30)34-29/h4-17,26H,1-3H3/t26-/m0/s1. The van der Waals surface area contributed by atoms with Gasteiger partial charge in [0.1, 0.15) is 12.1 Å². The molecule has 1 aliphatic heterocycles. The van der Waals surface area contributed by atoms with Gasteiger partial charge in [-0.25, -0.2) is 14.5 Å². The van der Waals surface area contributed by atoms with E-state index in [1.807, 2.05) is 42.5 Å². The fourth-order valence-corrected chi connectivity index (χ4v) is 5.36. The summed E-state index contributed by atoms with van der Waals surface area (Å²) in [7, 11) is 3.28. The van der Waals surface area contributed by atoms with Gasteiger partial charge in [-0.2, -0.15) is 0 Å². The van der Waals surface area contributed by atoms with E-state index in [0.717, 1.165) is 44.3 Å². The lowest BCUT2D eigenvalue weighted by molar-refractivity contribution is 0.354. The Morgan fingerprint density at radius 1 is 0.868 bits per heavy atom. The van der Waals surface area contributed by atoms with Crippen LogP contribution in [0.15, 0.2) is 85.2 Å². The number of fused-ring (bicyclic) bond motifs is 6. The highest BCUT2D eigenvalue weighted by atomic mass is 16.5. The van der Waals surface area contributed by atoms with Gasteiger partial charge in [-0.3, -0.25) is 0 Å². The highest BCUT2D eigenvalue weighted by Gasteiger charge is 2.35. The lowest BCUT2D eigenvalue weighted by Crippen LogP contribution is -2.15. The number of benzene rings is 4. The Kier molecular flexibility index (Phi) is 5.04. The van der Waals surface area contributed by atoms with Crippen LogP contribution in [0.1, 0.15) is 28.2 Å². The van der Waals surface area contributed by atoms with Crippen molar-refractivity contribution in [1.82, 2.24) is 19.6 Å². The van der Waals surface area contributed by atoms with Crippen molar-refractivity contribution in [3.05, 3.63) is 107 Å². The number of aromatic nitrogens is 4. The van der Waals surface area contributed by atoms with Crippen LogP contribution in [-0.2, 0) is 0 Å². The van der Waals surface area contributed by atoms with E-state index in [0.29, 0.717) is 28.9 Å². The van der Waals surface area contributed by atoms with E-state index in [1.54, 1.807) is 25.1 Å². The van der Waals surface area contributed by atoms with Crippen molar-refractivity contribution < 1.29 is 14.2 Å². The molecule has 0 fully saturated rings. The highest BCUT2D eigenvalue weighted by Crippen LogP contribution is 2.51. The Labute approximate surface area is 219 Å². The Morgan fingerprint density at radius 3 is 2.53 bits per heavy atom. The summed E-state index contributed by atoms with van der Waals surface area (Å²) >= 11 is 0. The molecular formula is C31H24N4O3. The number of hydrogen-bond donors (Lipinski definition) is 0. The quantitative estimate of drug-likeness (QED) is 0.273. The zero-order valence-corrected chi connectivity index (χ0v) is 21.2. The summed E-state index contributed by atoms with van der Waals surface area (Å²) in [5.74, 6) is 3.07. The third-order valence-corrected chi connectivity index (χ3v) is 7.22. The van der Waals surface area contributed by atoms with Crippen LogP contribution in [0.5, 0.6) is 23.1 Å². The minimum Gasteiger partial charge on any atom is -0.493 e. The molecule has 1 aliphatic rings. The van der Waals surface area contributed by atoms with Crippen LogP contribution >= 0.6 is 0 Å². The number of methoxy groups -OCH3 is 2. The molecule has 0 saturated carbocycles. The molecule has 0 bridgehead atoms. The van der Waals surface area contributed by atoms with E-state index in [4.69, 9.17) is 29.3 Å². The van der Waals surface area contributed by atoms with Crippen LogP contribution in [0.2, 0.25) is 0 Å². The summed E-state index contributed by atoms with van der Waals surface area (Å²) < 4.78 is 19.5. The number of rotatable bonds is 4. The minimum absolute atomic E-state index is 0.219. The summed E-state index contributed by atoms with van der Waals surface area (Å²) in [5, 5.41) is 6.93. The maximum absolute atomic E-state index is 6.54. The van der Waals surface area contributed by atoms with Gasteiger partial charge in [0, 0.05) is 22.4 Å². The lowest BCUT2D eigenvalue weighted by atomic mass is 9.82. The van der Waals surface area contributed by atoms with E-state index in [-0.39, 0.29) is 5.92 Å². The first-order valence-corrected chi connectivity index (χ1v) is 12.4. The molecule has 6 aromatic rings. The molecule has 7 nitrogen and oxygen atoms in total. The average Bonchev–Trinajstić information content (AvgIpc) is 3.40. The van der Waals surface area contributed by atoms with Crippen LogP contribution in [0, 0.1) is 6.92 Å². The minimum atomic E-state index is -0.219. The van der Waals surface area contributed by atoms with Crippen molar-refractivity contribution in [2.24, 2.45) is 0 Å². The normalized spacial score (nSPS) is 14.1. The first-order valence-electron chi connectivity index (χ1n) is 12.4. The van der Waals surface area contributed by atoms with Gasteiger partial charge in [-0.05, 0) is 35.6 Å². The van der Waals surface area contributed by atoms with Crippen LogP contribution in [0.3, 0.4) is 0 Å². The maximum atomic E-state index is 6.54. The average molecular weight is 501 g/mol. The SMILES string of the molecule is COc1ccc([C@H]2c3ccc4ccccc4c3Oc3ncn4nc(-c5ccccc5C)nc4c32)cc1OC. The van der Waals surface area contributed by atoms with Gasteiger partial charge in [0.25, 0.3) is 0 Å². The third kappa shape index (κ3) is 3.32. The number of hydrogen-bond acceptors (Lipinski definition) is 6. The lowest BCUT2D eigenvalue weighted by Gasteiger charge is -2.29. The molecule has 7 heteroatoms. The summed E-state index contributed by atoms with van der Waals surface area (Å²) in [4.78, 5) is 9.74. The molecule has 0 spiro atoms. The van der Waals surface area contributed by atoms with Crippen LogP contribution in [0.4, 0.5) is 0 Å². The second kappa shape index (κ2) is 8.59. The maximum Gasteiger partial charge on any atom is 0.228 e. The van der Waals surface area contributed by atoms with E-state index >= 15 is 0 Å². The topological polar surface area (TPSA) is 70.8 Å². The molecule has 0 saturated heterocycles. The van der Waals surface area contributed by atoms with Crippen molar-refractivity contribution in [3.8, 4) is 34.5 Å². The predicted octanol–water partition coefficient (Wildman–Crippen LogP) is 6.56. The summed E-state index contributed by atoms with van der Waals surface area (Å²) in [6.07, 6.45) is 1.67. The van der Waals surface area contributed by atoms with Gasteiger partial charge in [0.15, 0.2) is 23.0 Å². The highest BCUT2D eigenvalue weighted by molar-refractivity contribution is 5.91. The van der Waals surface area contributed by atoms with E-state index in [2.05, 4.69) is 43.3 Å². The van der Waals surface area contributed by atoms with Gasteiger partial charge in [0.2, 0.25) is 5.88 Å². The zero-order valence-electron chi connectivity index (χ0n) is 21.2. The molecule has 2 aromatic heterocycles. The molecule has 1 atom stereocenters. The van der Waals surface area contributed by atoms with Crippen molar-refractivity contribution in [2.75, 3.05) is 14.2 Å².